The maximum atomic E-state index is 12.9. The van der Waals surface area contributed by atoms with Crippen LogP contribution in [0, 0.1) is 5.82 Å². The van der Waals surface area contributed by atoms with Crippen molar-refractivity contribution in [1.82, 2.24) is 0 Å². The lowest BCUT2D eigenvalue weighted by Gasteiger charge is -2.04. The molecule has 0 aliphatic rings. The Hall–Kier alpha value is -1.58. The molecular weight excluding hydrogens is 187 g/mol. The number of halogens is 1. The minimum atomic E-state index is -0.443. The molecule has 0 saturated heterocycles. The van der Waals surface area contributed by atoms with Gasteiger partial charge in [-0.15, -0.1) is 0 Å². The summed E-state index contributed by atoms with van der Waals surface area (Å²) in [6.07, 6.45) is 0.118. The van der Waals surface area contributed by atoms with Crippen LogP contribution in [0.1, 0.15) is 5.56 Å². The normalized spacial score (nSPS) is 9.64. The molecular formula is C10H11FO3. The third-order valence-corrected chi connectivity index (χ3v) is 1.79. The molecule has 0 saturated carbocycles. The molecule has 14 heavy (non-hydrogen) atoms. The molecule has 0 bridgehead atoms. The zero-order chi connectivity index (χ0) is 10.6. The number of hydrogen-bond donors (Lipinski definition) is 0. The smallest absolute Gasteiger partial charge is 0.309 e. The molecule has 1 aromatic carbocycles. The Morgan fingerprint density at radius 2 is 2.14 bits per heavy atom. The van der Waals surface area contributed by atoms with Crippen molar-refractivity contribution < 1.29 is 18.7 Å². The molecule has 0 amide bonds. The number of benzene rings is 1. The number of esters is 1. The van der Waals surface area contributed by atoms with Gasteiger partial charge in [0.15, 0.2) is 11.6 Å². The third-order valence-electron chi connectivity index (χ3n) is 1.79. The summed E-state index contributed by atoms with van der Waals surface area (Å²) in [6.45, 7) is 0. The first-order valence-electron chi connectivity index (χ1n) is 4.06. The Bertz CT molecular complexity index is 336. The first kappa shape index (κ1) is 10.5. The summed E-state index contributed by atoms with van der Waals surface area (Å²) >= 11 is 0. The predicted octanol–water partition coefficient (Wildman–Crippen LogP) is 1.55. The first-order chi connectivity index (χ1) is 6.67. The second-order valence-corrected chi connectivity index (χ2v) is 2.72. The maximum absolute atomic E-state index is 12.9. The fraction of sp³-hybridized carbons (Fsp3) is 0.300. The number of hydrogen-bond acceptors (Lipinski definition) is 3. The van der Waals surface area contributed by atoms with E-state index < -0.39 is 5.82 Å². The highest BCUT2D eigenvalue weighted by atomic mass is 19.1. The fourth-order valence-corrected chi connectivity index (χ4v) is 1.05. The highest BCUT2D eigenvalue weighted by molar-refractivity contribution is 5.72. The van der Waals surface area contributed by atoms with Gasteiger partial charge in [0, 0.05) is 0 Å². The van der Waals surface area contributed by atoms with Crippen molar-refractivity contribution in [3.8, 4) is 5.75 Å². The summed E-state index contributed by atoms with van der Waals surface area (Å²) in [5.74, 6) is -0.675. The molecule has 0 fully saturated rings. The molecule has 0 spiro atoms. The summed E-state index contributed by atoms with van der Waals surface area (Å²) in [6, 6.07) is 4.26. The largest absolute Gasteiger partial charge is 0.494 e. The lowest BCUT2D eigenvalue weighted by molar-refractivity contribution is -0.139. The van der Waals surface area contributed by atoms with E-state index in [-0.39, 0.29) is 18.1 Å². The molecule has 1 aromatic rings. The van der Waals surface area contributed by atoms with Crippen molar-refractivity contribution in [3.63, 3.8) is 0 Å². The van der Waals surface area contributed by atoms with Crippen molar-refractivity contribution in [2.75, 3.05) is 14.2 Å². The van der Waals surface area contributed by atoms with E-state index in [1.165, 1.54) is 32.4 Å². The fourth-order valence-electron chi connectivity index (χ4n) is 1.05. The predicted molar refractivity (Wildman–Crippen MR) is 48.7 cm³/mol. The van der Waals surface area contributed by atoms with Crippen molar-refractivity contribution in [2.24, 2.45) is 0 Å². The molecule has 4 heteroatoms. The molecule has 0 aromatic heterocycles. The van der Waals surface area contributed by atoms with Crippen LogP contribution in [0.15, 0.2) is 18.2 Å². The number of rotatable bonds is 3. The average molecular weight is 198 g/mol. The minimum absolute atomic E-state index is 0.118. The monoisotopic (exact) mass is 198 g/mol. The first-order valence-corrected chi connectivity index (χ1v) is 4.06. The average Bonchev–Trinajstić information content (AvgIpc) is 2.20. The zero-order valence-electron chi connectivity index (χ0n) is 8.04. The summed E-state index contributed by atoms with van der Waals surface area (Å²) in [4.78, 5) is 10.9. The third kappa shape index (κ3) is 2.45. The summed E-state index contributed by atoms with van der Waals surface area (Å²) in [7, 11) is 2.68. The van der Waals surface area contributed by atoms with E-state index in [4.69, 9.17) is 4.74 Å². The molecule has 76 valence electrons. The van der Waals surface area contributed by atoms with Crippen LogP contribution in [0.5, 0.6) is 5.75 Å². The molecule has 0 heterocycles. The van der Waals surface area contributed by atoms with Crippen LogP contribution in [0.25, 0.3) is 0 Å². The lowest BCUT2D eigenvalue weighted by atomic mass is 10.1. The number of carbonyl (C=O) groups excluding carboxylic acids is 1. The molecule has 0 aliphatic heterocycles. The number of carbonyl (C=O) groups is 1. The van der Waals surface area contributed by atoms with E-state index in [0.717, 1.165) is 0 Å². The Morgan fingerprint density at radius 1 is 1.43 bits per heavy atom. The maximum Gasteiger partial charge on any atom is 0.309 e. The van der Waals surface area contributed by atoms with Crippen molar-refractivity contribution in [2.45, 2.75) is 6.42 Å². The second-order valence-electron chi connectivity index (χ2n) is 2.72. The van der Waals surface area contributed by atoms with Gasteiger partial charge in [0.2, 0.25) is 0 Å². The van der Waals surface area contributed by atoms with Crippen LogP contribution in [-0.2, 0) is 16.0 Å². The van der Waals surface area contributed by atoms with E-state index in [1.54, 1.807) is 0 Å². The second kappa shape index (κ2) is 4.60. The molecule has 0 unspecified atom stereocenters. The van der Waals surface area contributed by atoms with Crippen molar-refractivity contribution >= 4 is 5.97 Å². The highest BCUT2D eigenvalue weighted by Gasteiger charge is 2.07. The number of ether oxygens (including phenoxy) is 2. The molecule has 1 rings (SSSR count). The highest BCUT2D eigenvalue weighted by Crippen LogP contribution is 2.18. The van der Waals surface area contributed by atoms with Gasteiger partial charge in [0.25, 0.3) is 0 Å². The van der Waals surface area contributed by atoms with Crippen LogP contribution in [0.3, 0.4) is 0 Å². The van der Waals surface area contributed by atoms with E-state index in [9.17, 15) is 9.18 Å². The van der Waals surface area contributed by atoms with Gasteiger partial charge in [0.05, 0.1) is 20.6 Å². The van der Waals surface area contributed by atoms with Gasteiger partial charge in [-0.2, -0.15) is 0 Å². The summed E-state index contributed by atoms with van der Waals surface area (Å²) in [5, 5.41) is 0. The van der Waals surface area contributed by atoms with Crippen LogP contribution < -0.4 is 4.74 Å². The topological polar surface area (TPSA) is 35.5 Å². The van der Waals surface area contributed by atoms with Crippen molar-refractivity contribution in [1.29, 1.82) is 0 Å². The molecule has 0 N–H and O–H groups in total. The van der Waals surface area contributed by atoms with Gasteiger partial charge in [-0.1, -0.05) is 6.07 Å². The van der Waals surface area contributed by atoms with Gasteiger partial charge in [-0.05, 0) is 17.7 Å². The van der Waals surface area contributed by atoms with Gasteiger partial charge in [0.1, 0.15) is 0 Å². The van der Waals surface area contributed by atoms with E-state index in [0.29, 0.717) is 5.56 Å². The molecule has 0 radical (unpaired) electrons. The molecule has 3 nitrogen and oxygen atoms in total. The summed E-state index contributed by atoms with van der Waals surface area (Å²) in [5.41, 5.74) is 0.662. The van der Waals surface area contributed by atoms with Crippen LogP contribution in [0.2, 0.25) is 0 Å². The zero-order valence-corrected chi connectivity index (χ0v) is 8.04. The minimum Gasteiger partial charge on any atom is -0.494 e. The molecule has 0 atom stereocenters. The van der Waals surface area contributed by atoms with E-state index in [1.807, 2.05) is 0 Å². The Labute approximate surface area is 81.4 Å². The van der Waals surface area contributed by atoms with Gasteiger partial charge in [-0.25, -0.2) is 4.39 Å². The Balaban J connectivity index is 2.84. The van der Waals surface area contributed by atoms with E-state index >= 15 is 0 Å². The summed E-state index contributed by atoms with van der Waals surface area (Å²) < 4.78 is 22.2. The SMILES string of the molecule is COC(=O)Cc1ccc(F)c(OC)c1. The van der Waals surface area contributed by atoms with Crippen LogP contribution in [-0.4, -0.2) is 20.2 Å². The quantitative estimate of drug-likeness (QED) is 0.691. The number of methoxy groups -OCH3 is 2. The Morgan fingerprint density at radius 3 is 2.71 bits per heavy atom. The molecule has 0 aliphatic carbocycles. The Kier molecular flexibility index (Phi) is 3.45. The van der Waals surface area contributed by atoms with Crippen LogP contribution >= 0.6 is 0 Å². The van der Waals surface area contributed by atoms with Gasteiger partial charge < -0.3 is 9.47 Å². The van der Waals surface area contributed by atoms with Gasteiger partial charge >= 0.3 is 5.97 Å². The van der Waals surface area contributed by atoms with E-state index in [2.05, 4.69) is 4.74 Å². The standard InChI is InChI=1S/C10H11FO3/c1-13-9-5-7(3-4-8(9)11)6-10(12)14-2/h3-5H,6H2,1-2H3. The van der Waals surface area contributed by atoms with Gasteiger partial charge in [-0.3, -0.25) is 4.79 Å². The van der Waals surface area contributed by atoms with Crippen LogP contribution in [0.4, 0.5) is 4.39 Å². The van der Waals surface area contributed by atoms with Crippen molar-refractivity contribution in [3.05, 3.63) is 29.6 Å². The lowest BCUT2D eigenvalue weighted by Crippen LogP contribution is -2.04.